The van der Waals surface area contributed by atoms with Crippen LogP contribution in [0.25, 0.3) is 0 Å². The number of nitrogens with zero attached hydrogens (tertiary/aromatic N) is 1. The van der Waals surface area contributed by atoms with Gasteiger partial charge in [-0.05, 0) is 13.8 Å². The molecule has 0 aliphatic carbocycles. The molecule has 1 N–H and O–H groups in total. The summed E-state index contributed by atoms with van der Waals surface area (Å²) in [5.41, 5.74) is 0.435. The third kappa shape index (κ3) is 2.56. The van der Waals surface area contributed by atoms with Crippen molar-refractivity contribution in [2.24, 2.45) is 0 Å². The van der Waals surface area contributed by atoms with Gasteiger partial charge in [0.1, 0.15) is 5.69 Å². The number of nitrogens with one attached hydrogen (secondary N) is 1. The Bertz CT molecular complexity index is 351. The second-order valence-corrected chi connectivity index (χ2v) is 3.68. The van der Waals surface area contributed by atoms with E-state index < -0.39 is 0 Å². The lowest BCUT2D eigenvalue weighted by Crippen LogP contribution is -2.31. The summed E-state index contributed by atoms with van der Waals surface area (Å²) in [6, 6.07) is -0.255. The summed E-state index contributed by atoms with van der Waals surface area (Å²) in [6.45, 7) is 3.60. The van der Waals surface area contributed by atoms with Crippen LogP contribution in [0.1, 0.15) is 22.4 Å². The van der Waals surface area contributed by atoms with Crippen LogP contribution in [0.5, 0.6) is 0 Å². The number of carbonyl (C=O) groups excluding carboxylic acids is 1. The maximum atomic E-state index is 11.4. The zero-order valence-electron chi connectivity index (χ0n) is 7.50. The molecule has 1 heterocycles. The topological polar surface area (TPSA) is 42.0 Å². The number of amides is 1. The van der Waals surface area contributed by atoms with E-state index >= 15 is 0 Å². The number of hydrogen-bond acceptors (Lipinski definition) is 3. The van der Waals surface area contributed by atoms with Gasteiger partial charge in [-0.2, -0.15) is 0 Å². The summed E-state index contributed by atoms with van der Waals surface area (Å²) in [5.74, 6) is 2.20. The molecule has 3 nitrogen and oxygen atoms in total. The maximum Gasteiger partial charge on any atom is 0.271 e. The van der Waals surface area contributed by atoms with Gasteiger partial charge in [0.05, 0.1) is 11.0 Å². The summed E-state index contributed by atoms with van der Waals surface area (Å²) in [5, 5.41) is 5.22. The number of thiazole rings is 1. The quantitative estimate of drug-likeness (QED) is 0.719. The first-order valence-corrected chi connectivity index (χ1v) is 4.70. The molecule has 0 aromatic carbocycles. The number of aromatic nitrogens is 1. The van der Waals surface area contributed by atoms with E-state index in [1.165, 1.54) is 11.3 Å². The second kappa shape index (κ2) is 4.06. The molecule has 0 aliphatic rings. The van der Waals surface area contributed by atoms with Gasteiger partial charge in [0.15, 0.2) is 0 Å². The molecule has 1 rings (SSSR count). The van der Waals surface area contributed by atoms with Crippen molar-refractivity contribution in [1.29, 1.82) is 0 Å². The minimum atomic E-state index is -0.255. The molecule has 0 bridgehead atoms. The molecule has 1 unspecified atom stereocenters. The lowest BCUT2D eigenvalue weighted by Gasteiger charge is -2.04. The highest BCUT2D eigenvalue weighted by Gasteiger charge is 2.10. The Balaban J connectivity index is 2.65. The lowest BCUT2D eigenvalue weighted by atomic mass is 10.3. The molecule has 0 radical (unpaired) electrons. The Morgan fingerprint density at radius 3 is 3.00 bits per heavy atom. The Labute approximate surface area is 81.2 Å². The van der Waals surface area contributed by atoms with Gasteiger partial charge >= 0.3 is 0 Å². The van der Waals surface area contributed by atoms with E-state index in [-0.39, 0.29) is 11.9 Å². The first kappa shape index (κ1) is 9.75. The highest BCUT2D eigenvalue weighted by Crippen LogP contribution is 2.07. The van der Waals surface area contributed by atoms with Crippen LogP contribution in [0.2, 0.25) is 0 Å². The minimum Gasteiger partial charge on any atom is -0.337 e. The predicted molar refractivity (Wildman–Crippen MR) is 52.6 cm³/mol. The van der Waals surface area contributed by atoms with Crippen LogP contribution < -0.4 is 5.32 Å². The normalized spacial score (nSPS) is 11.8. The van der Waals surface area contributed by atoms with E-state index in [0.717, 1.165) is 5.01 Å². The van der Waals surface area contributed by atoms with Crippen molar-refractivity contribution in [3.8, 4) is 12.3 Å². The highest BCUT2D eigenvalue weighted by atomic mass is 32.1. The Hall–Kier alpha value is -1.34. The molecule has 0 saturated heterocycles. The van der Waals surface area contributed by atoms with Crippen LogP contribution in [0, 0.1) is 19.3 Å². The average molecular weight is 194 g/mol. The van der Waals surface area contributed by atoms with Crippen molar-refractivity contribution in [2.75, 3.05) is 0 Å². The molecular weight excluding hydrogens is 184 g/mol. The van der Waals surface area contributed by atoms with Gasteiger partial charge in [0.25, 0.3) is 5.91 Å². The van der Waals surface area contributed by atoms with Crippen LogP contribution in [0.3, 0.4) is 0 Å². The zero-order chi connectivity index (χ0) is 9.84. The first-order chi connectivity index (χ1) is 6.13. The lowest BCUT2D eigenvalue weighted by molar-refractivity contribution is 0.0943. The van der Waals surface area contributed by atoms with Crippen molar-refractivity contribution in [1.82, 2.24) is 10.3 Å². The second-order valence-electron chi connectivity index (χ2n) is 2.61. The monoisotopic (exact) mass is 194 g/mol. The summed E-state index contributed by atoms with van der Waals surface area (Å²) in [6.07, 6.45) is 5.12. The molecule has 0 spiro atoms. The van der Waals surface area contributed by atoms with Crippen molar-refractivity contribution in [3.63, 3.8) is 0 Å². The standard InChI is InChI=1S/C9H10N2OS/c1-4-6(2)10-9(12)8-5-13-7(3)11-8/h1,5-6H,2-3H3,(H,10,12). The van der Waals surface area contributed by atoms with E-state index in [2.05, 4.69) is 16.2 Å². The average Bonchev–Trinajstić information content (AvgIpc) is 2.51. The van der Waals surface area contributed by atoms with E-state index in [1.807, 2.05) is 6.92 Å². The van der Waals surface area contributed by atoms with Crippen LogP contribution in [0.15, 0.2) is 5.38 Å². The molecule has 4 heteroatoms. The fourth-order valence-corrected chi connectivity index (χ4v) is 1.37. The smallest absolute Gasteiger partial charge is 0.271 e. The van der Waals surface area contributed by atoms with Crippen molar-refractivity contribution in [2.45, 2.75) is 19.9 Å². The maximum absolute atomic E-state index is 11.4. The molecular formula is C9H10N2OS. The summed E-state index contributed by atoms with van der Waals surface area (Å²) >= 11 is 1.44. The van der Waals surface area contributed by atoms with Gasteiger partial charge in [0, 0.05) is 5.38 Å². The number of rotatable bonds is 2. The fourth-order valence-electron chi connectivity index (χ4n) is 0.780. The fraction of sp³-hybridized carbons (Fsp3) is 0.333. The van der Waals surface area contributed by atoms with Gasteiger partial charge < -0.3 is 5.32 Å². The van der Waals surface area contributed by atoms with Crippen molar-refractivity contribution < 1.29 is 4.79 Å². The third-order valence-electron chi connectivity index (χ3n) is 1.45. The Morgan fingerprint density at radius 1 is 1.85 bits per heavy atom. The summed E-state index contributed by atoms with van der Waals surface area (Å²) < 4.78 is 0. The van der Waals surface area contributed by atoms with E-state index in [9.17, 15) is 4.79 Å². The molecule has 1 amide bonds. The predicted octanol–water partition coefficient (Wildman–Crippen LogP) is 1.20. The van der Waals surface area contributed by atoms with Gasteiger partial charge in [-0.25, -0.2) is 4.98 Å². The van der Waals surface area contributed by atoms with Gasteiger partial charge in [-0.3, -0.25) is 4.79 Å². The highest BCUT2D eigenvalue weighted by molar-refractivity contribution is 7.09. The van der Waals surface area contributed by atoms with Gasteiger partial charge in [-0.15, -0.1) is 17.8 Å². The molecule has 68 valence electrons. The van der Waals surface area contributed by atoms with Crippen molar-refractivity contribution >= 4 is 17.2 Å². The van der Waals surface area contributed by atoms with Gasteiger partial charge in [-0.1, -0.05) is 5.92 Å². The Kier molecular flexibility index (Phi) is 3.04. The van der Waals surface area contributed by atoms with Crippen molar-refractivity contribution in [3.05, 3.63) is 16.1 Å². The van der Waals surface area contributed by atoms with Gasteiger partial charge in [0.2, 0.25) is 0 Å². The third-order valence-corrected chi connectivity index (χ3v) is 2.22. The Morgan fingerprint density at radius 2 is 2.54 bits per heavy atom. The van der Waals surface area contributed by atoms with Crippen LogP contribution in [-0.4, -0.2) is 16.9 Å². The summed E-state index contributed by atoms with van der Waals surface area (Å²) in [4.78, 5) is 15.4. The number of hydrogen-bond donors (Lipinski definition) is 1. The van der Waals surface area contributed by atoms with E-state index in [0.29, 0.717) is 5.69 Å². The minimum absolute atomic E-state index is 0.213. The van der Waals surface area contributed by atoms with Crippen LogP contribution in [-0.2, 0) is 0 Å². The number of aryl methyl sites for hydroxylation is 1. The number of terminal acetylenes is 1. The first-order valence-electron chi connectivity index (χ1n) is 3.82. The molecule has 0 aliphatic heterocycles. The van der Waals surface area contributed by atoms with E-state index in [1.54, 1.807) is 12.3 Å². The van der Waals surface area contributed by atoms with Crippen LogP contribution >= 0.6 is 11.3 Å². The largest absolute Gasteiger partial charge is 0.337 e. The molecule has 0 fully saturated rings. The SMILES string of the molecule is C#CC(C)NC(=O)c1csc(C)n1. The molecule has 13 heavy (non-hydrogen) atoms. The van der Waals surface area contributed by atoms with E-state index in [4.69, 9.17) is 6.42 Å². The van der Waals surface area contributed by atoms with Crippen LogP contribution in [0.4, 0.5) is 0 Å². The zero-order valence-corrected chi connectivity index (χ0v) is 8.31. The number of carbonyl (C=O) groups is 1. The molecule has 1 aromatic heterocycles. The molecule has 1 atom stereocenters. The molecule has 1 aromatic rings. The molecule has 0 saturated carbocycles. The summed E-state index contributed by atoms with van der Waals surface area (Å²) in [7, 11) is 0.